The number of aliphatic carboxylic acids is 1. The largest absolute Gasteiger partial charge is 0.487 e. The van der Waals surface area contributed by atoms with Gasteiger partial charge in [0.1, 0.15) is 17.5 Å². The van der Waals surface area contributed by atoms with E-state index in [2.05, 4.69) is 5.32 Å². The van der Waals surface area contributed by atoms with Crippen molar-refractivity contribution in [3.63, 3.8) is 0 Å². The van der Waals surface area contributed by atoms with Crippen LogP contribution in [0.25, 0.3) is 10.1 Å². The summed E-state index contributed by atoms with van der Waals surface area (Å²) in [5.41, 5.74) is -0.642. The maximum atomic E-state index is 13.6. The summed E-state index contributed by atoms with van der Waals surface area (Å²) in [5, 5.41) is 13.8. The maximum Gasteiger partial charge on any atom is 0.416 e. The molecule has 4 saturated carbocycles. The number of hydrogen-bond donors (Lipinski definition) is 2. The highest BCUT2D eigenvalue weighted by Gasteiger charge is 2.56. The molecule has 38 heavy (non-hydrogen) atoms. The van der Waals surface area contributed by atoms with Crippen LogP contribution in [0, 0.1) is 23.2 Å². The fourth-order valence-electron chi connectivity index (χ4n) is 7.46. The van der Waals surface area contributed by atoms with E-state index in [1.54, 1.807) is 0 Å². The molecule has 0 spiro atoms. The average molecular weight is 544 g/mol. The first-order chi connectivity index (χ1) is 18.1. The predicted octanol–water partition coefficient (Wildman–Crippen LogP) is 6.90. The lowest BCUT2D eigenvalue weighted by Gasteiger charge is -2.58. The molecular weight excluding hydrogens is 515 g/mol. The summed E-state index contributed by atoms with van der Waals surface area (Å²) in [7, 11) is 0. The van der Waals surface area contributed by atoms with Gasteiger partial charge in [-0.05, 0) is 86.1 Å². The lowest BCUT2D eigenvalue weighted by atomic mass is 9.47. The van der Waals surface area contributed by atoms with Crippen LogP contribution in [0.15, 0.2) is 48.5 Å². The van der Waals surface area contributed by atoms with Gasteiger partial charge in [-0.15, -0.1) is 11.3 Å². The molecule has 3 aromatic rings. The monoisotopic (exact) mass is 543 g/mol. The third kappa shape index (κ3) is 4.55. The molecule has 1 unspecified atom stereocenters. The van der Waals surface area contributed by atoms with Gasteiger partial charge in [0.25, 0.3) is 5.91 Å². The lowest BCUT2D eigenvalue weighted by molar-refractivity contribution is -0.150. The van der Waals surface area contributed by atoms with Crippen LogP contribution in [0.4, 0.5) is 13.2 Å². The molecule has 9 heteroatoms. The minimum absolute atomic E-state index is 0.0313. The van der Waals surface area contributed by atoms with E-state index in [0.717, 1.165) is 55.4 Å². The predicted molar refractivity (Wildman–Crippen MR) is 137 cm³/mol. The number of fused-ring (bicyclic) bond motifs is 1. The number of carboxylic acid groups (broad SMARTS) is 1. The Hall–Kier alpha value is -3.07. The van der Waals surface area contributed by atoms with E-state index in [1.807, 2.05) is 24.3 Å². The molecule has 2 aromatic carbocycles. The molecule has 200 valence electrons. The van der Waals surface area contributed by atoms with Crippen molar-refractivity contribution < 1.29 is 32.6 Å². The zero-order valence-corrected chi connectivity index (χ0v) is 21.4. The first-order valence-corrected chi connectivity index (χ1v) is 13.8. The van der Waals surface area contributed by atoms with E-state index >= 15 is 0 Å². The smallest absolute Gasteiger partial charge is 0.416 e. The summed E-state index contributed by atoms with van der Waals surface area (Å²) in [4.78, 5) is 26.4. The number of carbonyl (C=O) groups is 2. The molecule has 4 fully saturated rings. The van der Waals surface area contributed by atoms with E-state index in [4.69, 9.17) is 4.74 Å². The Kier molecular flexibility index (Phi) is 6.17. The van der Waals surface area contributed by atoms with Gasteiger partial charge < -0.3 is 15.2 Å². The zero-order chi connectivity index (χ0) is 26.7. The number of carboxylic acids is 1. The Balaban J connectivity index is 1.26. The van der Waals surface area contributed by atoms with Gasteiger partial charge >= 0.3 is 12.1 Å². The standard InChI is InChI=1S/C29H28F3NO4S/c30-29(31,32)20-7-5-16(6-8-20)15-37-23-21-3-1-2-4-22(21)38-24(23)26(34)33-25(27(35)36)28-12-17-9-18(13-28)11-19(10-17)14-28/h1-8,17-19,25H,9-15H2,(H,33,34)(H,35,36). The number of nitrogens with one attached hydrogen (secondary N) is 1. The summed E-state index contributed by atoms with van der Waals surface area (Å²) in [6.07, 6.45) is 1.57. The Morgan fingerprint density at radius 2 is 1.61 bits per heavy atom. The van der Waals surface area contributed by atoms with Crippen LogP contribution in [-0.4, -0.2) is 23.0 Å². The fraction of sp³-hybridized carbons (Fsp3) is 0.448. The van der Waals surface area contributed by atoms with Gasteiger partial charge in [-0.3, -0.25) is 4.79 Å². The number of thiophene rings is 1. The molecule has 2 N–H and O–H groups in total. The Morgan fingerprint density at radius 3 is 2.18 bits per heavy atom. The lowest BCUT2D eigenvalue weighted by Crippen LogP contribution is -2.59. The van der Waals surface area contributed by atoms with Crippen molar-refractivity contribution in [1.82, 2.24) is 5.32 Å². The van der Waals surface area contributed by atoms with Crippen LogP contribution in [0.3, 0.4) is 0 Å². The molecule has 0 aliphatic heterocycles. The highest BCUT2D eigenvalue weighted by atomic mass is 32.1. The highest BCUT2D eigenvalue weighted by Crippen LogP contribution is 2.61. The Labute approximate surface area is 222 Å². The molecule has 0 saturated heterocycles. The minimum atomic E-state index is -4.43. The van der Waals surface area contributed by atoms with Crippen molar-refractivity contribution in [2.75, 3.05) is 0 Å². The molecule has 1 atom stereocenters. The summed E-state index contributed by atoms with van der Waals surface area (Å²) in [5.74, 6) is 0.425. The third-order valence-electron chi connectivity index (χ3n) is 8.64. The molecule has 1 aromatic heterocycles. The molecule has 1 amide bonds. The summed E-state index contributed by atoms with van der Waals surface area (Å²) >= 11 is 1.22. The van der Waals surface area contributed by atoms with Crippen molar-refractivity contribution in [3.05, 3.63) is 64.5 Å². The van der Waals surface area contributed by atoms with Gasteiger partial charge in [-0.25, -0.2) is 4.79 Å². The van der Waals surface area contributed by atoms with Crippen LogP contribution in [0.5, 0.6) is 5.75 Å². The second-order valence-electron chi connectivity index (χ2n) is 11.3. The number of ether oxygens (including phenoxy) is 1. The van der Waals surface area contributed by atoms with Crippen LogP contribution >= 0.6 is 11.3 Å². The highest BCUT2D eigenvalue weighted by molar-refractivity contribution is 7.21. The zero-order valence-electron chi connectivity index (χ0n) is 20.6. The molecule has 0 radical (unpaired) electrons. The van der Waals surface area contributed by atoms with Crippen molar-refractivity contribution in [1.29, 1.82) is 0 Å². The van der Waals surface area contributed by atoms with Crippen LogP contribution in [0.1, 0.15) is 59.3 Å². The quantitative estimate of drug-likeness (QED) is 0.340. The summed E-state index contributed by atoms with van der Waals surface area (Å²) < 4.78 is 45.6. The Morgan fingerprint density at radius 1 is 1.00 bits per heavy atom. The number of amides is 1. The number of benzene rings is 2. The van der Waals surface area contributed by atoms with E-state index < -0.39 is 35.1 Å². The van der Waals surface area contributed by atoms with Gasteiger partial charge in [-0.2, -0.15) is 13.2 Å². The number of alkyl halides is 3. The van der Waals surface area contributed by atoms with E-state index in [1.165, 1.54) is 23.5 Å². The molecule has 5 nitrogen and oxygen atoms in total. The number of hydrogen-bond acceptors (Lipinski definition) is 4. The van der Waals surface area contributed by atoms with Crippen molar-refractivity contribution >= 4 is 33.3 Å². The first kappa shape index (κ1) is 25.2. The molecule has 4 aliphatic carbocycles. The minimum Gasteiger partial charge on any atom is -0.487 e. The van der Waals surface area contributed by atoms with Crippen LogP contribution in [-0.2, 0) is 17.6 Å². The number of rotatable bonds is 7. The third-order valence-corrected chi connectivity index (χ3v) is 9.79. The first-order valence-electron chi connectivity index (χ1n) is 13.0. The summed E-state index contributed by atoms with van der Waals surface area (Å²) in [6, 6.07) is 11.1. The van der Waals surface area contributed by atoms with Crippen molar-refractivity contribution in [3.8, 4) is 5.75 Å². The van der Waals surface area contributed by atoms with Gasteiger partial charge in [0.05, 0.1) is 5.56 Å². The second-order valence-corrected chi connectivity index (χ2v) is 12.3. The maximum absolute atomic E-state index is 13.6. The molecule has 4 aliphatic rings. The number of carbonyl (C=O) groups excluding carboxylic acids is 1. The van der Waals surface area contributed by atoms with Gasteiger partial charge in [0.2, 0.25) is 0 Å². The second kappa shape index (κ2) is 9.29. The molecular formula is C29H28F3NO4S. The van der Waals surface area contributed by atoms with Crippen LogP contribution in [0.2, 0.25) is 0 Å². The van der Waals surface area contributed by atoms with Gasteiger partial charge in [0.15, 0.2) is 5.75 Å². The molecule has 1 heterocycles. The topological polar surface area (TPSA) is 75.6 Å². The number of halogens is 3. The average Bonchev–Trinajstić information content (AvgIpc) is 3.23. The fourth-order valence-corrected chi connectivity index (χ4v) is 8.52. The van der Waals surface area contributed by atoms with Crippen LogP contribution < -0.4 is 10.1 Å². The normalized spacial score (nSPS) is 26.9. The van der Waals surface area contributed by atoms with Gasteiger partial charge in [0, 0.05) is 15.5 Å². The van der Waals surface area contributed by atoms with Gasteiger partial charge in [-0.1, -0.05) is 24.3 Å². The SMILES string of the molecule is O=C(NC(C(=O)O)C12CC3CC(CC(C3)C1)C2)c1sc2ccccc2c1OCc1ccc(C(F)(F)F)cc1. The van der Waals surface area contributed by atoms with E-state index in [9.17, 15) is 27.9 Å². The van der Waals surface area contributed by atoms with Crippen molar-refractivity contribution in [2.45, 2.75) is 57.3 Å². The van der Waals surface area contributed by atoms with E-state index in [0.29, 0.717) is 34.5 Å². The summed E-state index contributed by atoms with van der Waals surface area (Å²) in [6.45, 7) is -0.0313. The Bertz CT molecular complexity index is 1350. The van der Waals surface area contributed by atoms with E-state index in [-0.39, 0.29) is 11.5 Å². The van der Waals surface area contributed by atoms with Crippen molar-refractivity contribution in [2.24, 2.45) is 23.2 Å². The molecule has 4 bridgehead atoms. The molecule has 7 rings (SSSR count).